The molecule has 0 radical (unpaired) electrons. The number of alkyl carbamates (subject to hydrolysis) is 1. The second-order valence-corrected chi connectivity index (χ2v) is 6.70. The van der Waals surface area contributed by atoms with E-state index in [1.54, 1.807) is 0 Å². The first-order valence-corrected chi connectivity index (χ1v) is 8.97. The number of hydrogen-bond donors (Lipinski definition) is 2. The van der Waals surface area contributed by atoms with Crippen LogP contribution in [0.15, 0.2) is 48.5 Å². The van der Waals surface area contributed by atoms with Gasteiger partial charge in [0.1, 0.15) is 19.2 Å². The highest BCUT2D eigenvalue weighted by molar-refractivity contribution is 5.86. The summed E-state index contributed by atoms with van der Waals surface area (Å²) < 4.78 is 5.34. The molecular formula is C21H22N2O5. The van der Waals surface area contributed by atoms with E-state index in [0.717, 1.165) is 27.2 Å². The van der Waals surface area contributed by atoms with Crippen LogP contribution < -0.4 is 5.32 Å². The van der Waals surface area contributed by atoms with Crippen molar-refractivity contribution in [2.24, 2.45) is 0 Å². The molecule has 0 spiro atoms. The van der Waals surface area contributed by atoms with Crippen LogP contribution in [0.25, 0.3) is 11.1 Å². The largest absolute Gasteiger partial charge is 0.480 e. The maximum atomic E-state index is 12.0. The van der Waals surface area contributed by atoms with E-state index in [4.69, 9.17) is 9.84 Å². The van der Waals surface area contributed by atoms with E-state index in [2.05, 4.69) is 5.32 Å². The molecule has 3 rings (SSSR count). The molecule has 0 heterocycles. The standard InChI is InChI=1S/C21H22N2O5/c1-13(20(25)26)23(2)19(24)11-22-21(27)28-12-18-16-9-5-3-7-14(16)15-8-4-6-10-17(15)18/h3-10,13,18H,11-12H2,1-2H3,(H,22,27)(H,25,26). The summed E-state index contributed by atoms with van der Waals surface area (Å²) in [6.07, 6.45) is -0.716. The molecule has 2 aromatic carbocycles. The number of likely N-dealkylation sites (N-methyl/N-ethyl adjacent to an activating group) is 1. The van der Waals surface area contributed by atoms with E-state index in [-0.39, 0.29) is 19.1 Å². The highest BCUT2D eigenvalue weighted by atomic mass is 16.5. The number of benzene rings is 2. The Morgan fingerprint density at radius 2 is 1.61 bits per heavy atom. The van der Waals surface area contributed by atoms with Gasteiger partial charge in [0.2, 0.25) is 5.91 Å². The van der Waals surface area contributed by atoms with E-state index in [0.29, 0.717) is 0 Å². The van der Waals surface area contributed by atoms with Crippen LogP contribution in [-0.2, 0) is 14.3 Å². The van der Waals surface area contributed by atoms with Crippen molar-refractivity contribution in [3.8, 4) is 11.1 Å². The van der Waals surface area contributed by atoms with E-state index in [9.17, 15) is 14.4 Å². The third-order valence-electron chi connectivity index (χ3n) is 5.06. The summed E-state index contributed by atoms with van der Waals surface area (Å²) in [5.74, 6) is -1.69. The van der Waals surface area contributed by atoms with Crippen molar-refractivity contribution in [1.82, 2.24) is 10.2 Å². The lowest BCUT2D eigenvalue weighted by Crippen LogP contribution is -2.45. The zero-order chi connectivity index (χ0) is 20.3. The Balaban J connectivity index is 1.58. The van der Waals surface area contributed by atoms with Crippen molar-refractivity contribution in [3.05, 3.63) is 59.7 Å². The normalized spacial score (nSPS) is 13.2. The molecule has 146 valence electrons. The van der Waals surface area contributed by atoms with Crippen molar-refractivity contribution in [2.75, 3.05) is 20.2 Å². The number of carbonyl (C=O) groups excluding carboxylic acids is 2. The number of carboxylic acid groups (broad SMARTS) is 1. The van der Waals surface area contributed by atoms with E-state index < -0.39 is 24.0 Å². The molecule has 7 heteroatoms. The molecule has 1 aliphatic rings. The maximum absolute atomic E-state index is 12.0. The van der Waals surface area contributed by atoms with E-state index >= 15 is 0 Å². The number of rotatable bonds is 6. The lowest BCUT2D eigenvalue weighted by Gasteiger charge is -2.21. The lowest BCUT2D eigenvalue weighted by atomic mass is 9.98. The molecule has 2 amide bonds. The van der Waals surface area contributed by atoms with E-state index in [1.165, 1.54) is 14.0 Å². The minimum atomic E-state index is -1.11. The van der Waals surface area contributed by atoms with Gasteiger partial charge in [-0.05, 0) is 29.2 Å². The molecule has 0 aromatic heterocycles. The molecule has 1 aliphatic carbocycles. The van der Waals surface area contributed by atoms with Crippen LogP contribution in [0.4, 0.5) is 4.79 Å². The summed E-state index contributed by atoms with van der Waals surface area (Å²) in [4.78, 5) is 36.0. The summed E-state index contributed by atoms with van der Waals surface area (Å²) in [6, 6.07) is 15.0. The summed E-state index contributed by atoms with van der Waals surface area (Å²) in [7, 11) is 1.38. The zero-order valence-electron chi connectivity index (χ0n) is 15.7. The van der Waals surface area contributed by atoms with Gasteiger partial charge in [0, 0.05) is 13.0 Å². The number of amides is 2. The minimum absolute atomic E-state index is 0.0662. The predicted molar refractivity (Wildman–Crippen MR) is 103 cm³/mol. The Morgan fingerprint density at radius 1 is 1.07 bits per heavy atom. The van der Waals surface area contributed by atoms with Gasteiger partial charge in [-0.25, -0.2) is 9.59 Å². The van der Waals surface area contributed by atoms with Gasteiger partial charge in [-0.15, -0.1) is 0 Å². The molecular weight excluding hydrogens is 360 g/mol. The second-order valence-electron chi connectivity index (χ2n) is 6.70. The van der Waals surface area contributed by atoms with Gasteiger partial charge in [0.25, 0.3) is 0 Å². The first-order valence-electron chi connectivity index (χ1n) is 8.97. The molecule has 28 heavy (non-hydrogen) atoms. The summed E-state index contributed by atoms with van der Waals surface area (Å²) >= 11 is 0. The van der Waals surface area contributed by atoms with Crippen LogP contribution >= 0.6 is 0 Å². The first kappa shape index (κ1) is 19.4. The topological polar surface area (TPSA) is 95.9 Å². The quantitative estimate of drug-likeness (QED) is 0.800. The maximum Gasteiger partial charge on any atom is 0.407 e. The van der Waals surface area contributed by atoms with Gasteiger partial charge in [0.15, 0.2) is 0 Å². The van der Waals surface area contributed by atoms with Gasteiger partial charge in [-0.3, -0.25) is 4.79 Å². The van der Waals surface area contributed by atoms with Gasteiger partial charge in [-0.2, -0.15) is 0 Å². The monoisotopic (exact) mass is 382 g/mol. The molecule has 0 aliphatic heterocycles. The second kappa shape index (κ2) is 8.12. The number of aliphatic carboxylic acids is 1. The van der Waals surface area contributed by atoms with Gasteiger partial charge < -0.3 is 20.1 Å². The SMILES string of the molecule is CC(C(=O)O)N(C)C(=O)CNC(=O)OCC1c2ccccc2-c2ccccc21. The molecule has 2 aromatic rings. The Hall–Kier alpha value is -3.35. The number of fused-ring (bicyclic) bond motifs is 3. The Labute approximate surface area is 162 Å². The summed E-state index contributed by atoms with van der Waals surface area (Å²) in [5, 5.41) is 11.3. The number of ether oxygens (including phenoxy) is 1. The van der Waals surface area contributed by atoms with Crippen LogP contribution in [0.5, 0.6) is 0 Å². The highest BCUT2D eigenvalue weighted by Crippen LogP contribution is 2.44. The number of hydrogen-bond acceptors (Lipinski definition) is 4. The summed E-state index contributed by atoms with van der Waals surface area (Å²) in [5.41, 5.74) is 4.46. The molecule has 7 nitrogen and oxygen atoms in total. The number of carboxylic acids is 1. The third kappa shape index (κ3) is 3.83. The average Bonchev–Trinajstić information content (AvgIpc) is 3.03. The summed E-state index contributed by atoms with van der Waals surface area (Å²) in [6.45, 7) is 1.22. The molecule has 1 atom stereocenters. The van der Waals surface area contributed by atoms with Gasteiger partial charge in [0.05, 0.1) is 0 Å². The van der Waals surface area contributed by atoms with Crippen molar-refractivity contribution in [1.29, 1.82) is 0 Å². The van der Waals surface area contributed by atoms with Crippen molar-refractivity contribution in [2.45, 2.75) is 18.9 Å². The highest BCUT2D eigenvalue weighted by Gasteiger charge is 2.29. The Bertz CT molecular complexity index is 866. The van der Waals surface area contributed by atoms with Crippen LogP contribution in [-0.4, -0.2) is 54.2 Å². The van der Waals surface area contributed by atoms with Crippen LogP contribution in [0, 0.1) is 0 Å². The third-order valence-corrected chi connectivity index (χ3v) is 5.06. The number of carbonyl (C=O) groups is 3. The number of nitrogens with zero attached hydrogens (tertiary/aromatic N) is 1. The van der Waals surface area contributed by atoms with E-state index in [1.807, 2.05) is 48.5 Å². The molecule has 0 saturated carbocycles. The average molecular weight is 382 g/mol. The fourth-order valence-electron chi connectivity index (χ4n) is 3.30. The number of nitrogens with one attached hydrogen (secondary N) is 1. The fraction of sp³-hybridized carbons (Fsp3) is 0.286. The zero-order valence-corrected chi connectivity index (χ0v) is 15.7. The van der Waals surface area contributed by atoms with Crippen molar-refractivity contribution in [3.63, 3.8) is 0 Å². The molecule has 0 fully saturated rings. The molecule has 0 saturated heterocycles. The van der Waals surface area contributed by atoms with Gasteiger partial charge >= 0.3 is 12.1 Å². The first-order chi connectivity index (χ1) is 13.4. The van der Waals surface area contributed by atoms with Crippen LogP contribution in [0.2, 0.25) is 0 Å². The molecule has 1 unspecified atom stereocenters. The molecule has 2 N–H and O–H groups in total. The van der Waals surface area contributed by atoms with Crippen LogP contribution in [0.1, 0.15) is 24.0 Å². The Morgan fingerprint density at radius 3 is 2.14 bits per heavy atom. The van der Waals surface area contributed by atoms with Gasteiger partial charge in [-0.1, -0.05) is 48.5 Å². The predicted octanol–water partition coefficient (Wildman–Crippen LogP) is 2.46. The molecule has 0 bridgehead atoms. The Kier molecular flexibility index (Phi) is 5.63. The van der Waals surface area contributed by atoms with Crippen molar-refractivity contribution >= 4 is 18.0 Å². The fourth-order valence-corrected chi connectivity index (χ4v) is 3.30. The van der Waals surface area contributed by atoms with Crippen LogP contribution in [0.3, 0.4) is 0 Å². The minimum Gasteiger partial charge on any atom is -0.480 e. The van der Waals surface area contributed by atoms with Crippen molar-refractivity contribution < 1.29 is 24.2 Å². The lowest BCUT2D eigenvalue weighted by molar-refractivity contribution is -0.147. The smallest absolute Gasteiger partial charge is 0.407 e.